The molecule has 2 unspecified atom stereocenters. The van der Waals surface area contributed by atoms with Gasteiger partial charge in [0.2, 0.25) is 0 Å². The van der Waals surface area contributed by atoms with Gasteiger partial charge in [0, 0.05) is 6.42 Å². The zero-order chi connectivity index (χ0) is 18.6. The number of hydrogen-bond acceptors (Lipinski definition) is 3. The summed E-state index contributed by atoms with van der Waals surface area (Å²) in [5.41, 5.74) is 3.21. The van der Waals surface area contributed by atoms with Crippen molar-refractivity contribution in [1.82, 2.24) is 5.06 Å². The lowest BCUT2D eigenvalue weighted by molar-refractivity contribution is -0.119. The second kappa shape index (κ2) is 7.84. The van der Waals surface area contributed by atoms with Crippen LogP contribution in [-0.4, -0.2) is 50.0 Å². The van der Waals surface area contributed by atoms with Crippen LogP contribution in [0.1, 0.15) is 34.1 Å². The number of nitrogens with zero attached hydrogens (tertiary/aromatic N) is 1. The fraction of sp³-hybridized carbons (Fsp3) is 0.812. The van der Waals surface area contributed by atoms with Crippen LogP contribution in [0, 0.1) is 11.5 Å². The molecule has 0 saturated carbocycles. The van der Waals surface area contributed by atoms with Crippen LogP contribution in [0.3, 0.4) is 0 Å². The summed E-state index contributed by atoms with van der Waals surface area (Å²) >= 11 is 0. The van der Waals surface area contributed by atoms with Gasteiger partial charge in [-0.1, -0.05) is 40.4 Å². The minimum Gasteiger partial charge on any atom is -0.463 e. The van der Waals surface area contributed by atoms with Gasteiger partial charge in [-0.2, -0.15) is 5.06 Å². The van der Waals surface area contributed by atoms with Crippen molar-refractivity contribution in [3.63, 3.8) is 0 Å². The third kappa shape index (κ3) is 7.53. The van der Waals surface area contributed by atoms with Gasteiger partial charge in [0.25, 0.3) is 0 Å². The molecule has 1 amide bonds. The van der Waals surface area contributed by atoms with E-state index in [4.69, 9.17) is 9.53 Å². The monoisotopic (exact) mass is 359 g/mol. The van der Waals surface area contributed by atoms with E-state index >= 15 is 0 Å². The second-order valence-corrected chi connectivity index (χ2v) is 18.0. The van der Waals surface area contributed by atoms with Gasteiger partial charge in [-0.15, -0.1) is 11.5 Å². The summed E-state index contributed by atoms with van der Waals surface area (Å²) in [5.74, 6) is 3.05. The summed E-state index contributed by atoms with van der Waals surface area (Å²) in [6.45, 7) is 18.8. The van der Waals surface area contributed by atoms with E-state index in [-0.39, 0.29) is 11.5 Å². The smallest absolute Gasteiger partial charge is 0.431 e. The van der Waals surface area contributed by atoms with Crippen molar-refractivity contribution in [2.75, 3.05) is 0 Å². The Bertz CT molecular complexity index is 469. The Kier molecular flexibility index (Phi) is 7.56. The SMILES string of the molecule is CC(O[Si](C)(C)C(C)(C)C)C(CC#C[Si](C)(C)C)N(O)C(=O)O. The van der Waals surface area contributed by atoms with Crippen LogP contribution in [0.2, 0.25) is 37.8 Å². The average Bonchev–Trinajstić information content (AvgIpc) is 2.30. The lowest BCUT2D eigenvalue weighted by Crippen LogP contribution is -2.51. The number of carbonyl (C=O) groups is 1. The minimum atomic E-state index is -2.06. The van der Waals surface area contributed by atoms with Gasteiger partial charge < -0.3 is 9.53 Å². The van der Waals surface area contributed by atoms with E-state index in [9.17, 15) is 10.0 Å². The predicted molar refractivity (Wildman–Crippen MR) is 98.9 cm³/mol. The first-order chi connectivity index (χ1) is 10.1. The maximum atomic E-state index is 11.2. The third-order valence-electron chi connectivity index (χ3n) is 4.11. The maximum absolute atomic E-state index is 11.2. The van der Waals surface area contributed by atoms with E-state index in [0.717, 1.165) is 0 Å². The molecule has 0 bridgehead atoms. The fourth-order valence-electron chi connectivity index (χ4n) is 1.73. The Balaban J connectivity index is 5.28. The van der Waals surface area contributed by atoms with Crippen LogP contribution in [0.4, 0.5) is 4.79 Å². The molecule has 0 aliphatic heterocycles. The molecule has 2 N–H and O–H groups in total. The van der Waals surface area contributed by atoms with Gasteiger partial charge in [0.05, 0.1) is 12.1 Å². The molecule has 0 heterocycles. The second-order valence-electron chi connectivity index (χ2n) is 8.53. The highest BCUT2D eigenvalue weighted by Gasteiger charge is 2.41. The highest BCUT2D eigenvalue weighted by atomic mass is 28.4. The normalized spacial score (nSPS) is 15.4. The molecule has 0 fully saturated rings. The first kappa shape index (κ1) is 22.2. The van der Waals surface area contributed by atoms with E-state index in [1.165, 1.54) is 0 Å². The summed E-state index contributed by atoms with van der Waals surface area (Å²) in [6, 6.07) is -0.689. The molecule has 0 saturated heterocycles. The van der Waals surface area contributed by atoms with Gasteiger partial charge in [-0.3, -0.25) is 5.21 Å². The first-order valence-electron chi connectivity index (χ1n) is 7.97. The van der Waals surface area contributed by atoms with E-state index in [2.05, 4.69) is 65.0 Å². The van der Waals surface area contributed by atoms with Crippen molar-refractivity contribution >= 4 is 22.5 Å². The van der Waals surface area contributed by atoms with Crippen LogP contribution in [0.5, 0.6) is 0 Å². The molecule has 0 aromatic rings. The van der Waals surface area contributed by atoms with Gasteiger partial charge in [-0.05, 0) is 25.1 Å². The van der Waals surface area contributed by atoms with Crippen molar-refractivity contribution in [3.8, 4) is 11.5 Å². The van der Waals surface area contributed by atoms with Crippen LogP contribution in [-0.2, 0) is 4.43 Å². The Morgan fingerprint density at radius 3 is 2.04 bits per heavy atom. The van der Waals surface area contributed by atoms with Crippen molar-refractivity contribution in [3.05, 3.63) is 0 Å². The fourth-order valence-corrected chi connectivity index (χ4v) is 3.81. The molecular weight excluding hydrogens is 326 g/mol. The van der Waals surface area contributed by atoms with Gasteiger partial charge in [0.1, 0.15) is 8.07 Å². The third-order valence-corrected chi connectivity index (χ3v) is 9.61. The Labute approximate surface area is 143 Å². The number of amides is 1. The standard InChI is InChI=1S/C16H33NO4Si2/c1-13(21-23(8,9)16(2,3)4)14(17(20)15(18)19)11-10-12-22(5,6)7/h13-14,20H,11H2,1-9H3,(H,18,19). The summed E-state index contributed by atoms with van der Waals surface area (Å²) in [5, 5.41) is 19.4. The summed E-state index contributed by atoms with van der Waals surface area (Å²) in [4.78, 5) is 11.2. The summed E-state index contributed by atoms with van der Waals surface area (Å²) in [6.07, 6.45) is -1.54. The van der Waals surface area contributed by atoms with Crippen LogP contribution >= 0.6 is 0 Å². The molecule has 0 radical (unpaired) electrons. The Morgan fingerprint density at radius 1 is 1.22 bits per heavy atom. The number of hydrogen-bond donors (Lipinski definition) is 2. The molecule has 0 rings (SSSR count). The lowest BCUT2D eigenvalue weighted by atomic mass is 10.1. The molecule has 134 valence electrons. The molecule has 0 aliphatic carbocycles. The summed E-state index contributed by atoms with van der Waals surface area (Å²) in [7, 11) is -3.60. The quantitative estimate of drug-likeness (QED) is 0.330. The van der Waals surface area contributed by atoms with Crippen LogP contribution in [0.25, 0.3) is 0 Å². The van der Waals surface area contributed by atoms with Crippen LogP contribution in [0.15, 0.2) is 0 Å². The largest absolute Gasteiger partial charge is 0.463 e. The Hall–Kier alpha value is -0.816. The van der Waals surface area contributed by atoms with Crippen molar-refractivity contribution in [2.45, 2.75) is 84.0 Å². The molecule has 0 aromatic heterocycles. The molecule has 7 heteroatoms. The van der Waals surface area contributed by atoms with Crippen molar-refractivity contribution in [1.29, 1.82) is 0 Å². The van der Waals surface area contributed by atoms with Crippen LogP contribution < -0.4 is 0 Å². The van der Waals surface area contributed by atoms with Crippen molar-refractivity contribution in [2.24, 2.45) is 0 Å². The molecule has 0 spiro atoms. The zero-order valence-electron chi connectivity index (χ0n) is 16.0. The number of carboxylic acid groups (broad SMARTS) is 1. The van der Waals surface area contributed by atoms with Crippen molar-refractivity contribution < 1.29 is 19.5 Å². The molecule has 0 aliphatic rings. The van der Waals surface area contributed by atoms with E-state index in [1.54, 1.807) is 0 Å². The van der Waals surface area contributed by atoms with Gasteiger partial charge in [-0.25, -0.2) is 4.79 Å². The Morgan fingerprint density at radius 2 is 1.70 bits per heavy atom. The van der Waals surface area contributed by atoms with E-state index < -0.39 is 34.6 Å². The molecular formula is C16H33NO4Si2. The number of hydroxylamine groups is 2. The molecule has 23 heavy (non-hydrogen) atoms. The highest BCUT2D eigenvalue weighted by Crippen LogP contribution is 2.38. The van der Waals surface area contributed by atoms with E-state index in [0.29, 0.717) is 5.06 Å². The molecule has 0 aromatic carbocycles. The first-order valence-corrected chi connectivity index (χ1v) is 14.4. The lowest BCUT2D eigenvalue weighted by Gasteiger charge is -2.41. The van der Waals surface area contributed by atoms with Gasteiger partial charge in [0.15, 0.2) is 8.32 Å². The molecule has 5 nitrogen and oxygen atoms in total. The number of rotatable bonds is 5. The predicted octanol–water partition coefficient (Wildman–Crippen LogP) is 4.41. The average molecular weight is 360 g/mol. The summed E-state index contributed by atoms with van der Waals surface area (Å²) < 4.78 is 6.24. The topological polar surface area (TPSA) is 70.0 Å². The highest BCUT2D eigenvalue weighted by molar-refractivity contribution is 6.83. The zero-order valence-corrected chi connectivity index (χ0v) is 18.0. The maximum Gasteiger partial charge on any atom is 0.431 e. The molecule has 2 atom stereocenters. The van der Waals surface area contributed by atoms with Gasteiger partial charge >= 0.3 is 6.09 Å². The minimum absolute atomic E-state index is 0.0132. The van der Waals surface area contributed by atoms with E-state index in [1.807, 2.05) is 6.92 Å².